The molecule has 0 spiro atoms. The van der Waals surface area contributed by atoms with Crippen LogP contribution in [0, 0.1) is 5.92 Å². The lowest BCUT2D eigenvalue weighted by atomic mass is 9.95. The molecule has 0 unspecified atom stereocenters. The summed E-state index contributed by atoms with van der Waals surface area (Å²) in [6.07, 6.45) is 0.807. The van der Waals surface area contributed by atoms with Gasteiger partial charge in [0.2, 0.25) is 10.0 Å². The average Bonchev–Trinajstić information content (AvgIpc) is 2.82. The summed E-state index contributed by atoms with van der Waals surface area (Å²) in [5.41, 5.74) is 0. The van der Waals surface area contributed by atoms with Gasteiger partial charge in [0.15, 0.2) is 5.22 Å². The number of nitrogens with one attached hydrogen (secondary N) is 1. The van der Waals surface area contributed by atoms with E-state index in [1.54, 1.807) is 24.2 Å². The van der Waals surface area contributed by atoms with Gasteiger partial charge in [0, 0.05) is 19.1 Å². The maximum Gasteiger partial charge on any atom is 0.216 e. The highest BCUT2D eigenvalue weighted by Gasteiger charge is 2.33. The molecule has 1 aliphatic rings. The molecule has 2 atom stereocenters. The number of sulfonamides is 1. The van der Waals surface area contributed by atoms with Crippen LogP contribution in [-0.4, -0.2) is 37.1 Å². The van der Waals surface area contributed by atoms with E-state index in [1.165, 1.54) is 0 Å². The Bertz CT molecular complexity index is 571. The first-order chi connectivity index (χ1) is 9.80. The summed E-state index contributed by atoms with van der Waals surface area (Å²) in [6, 6.07) is 3.85. The van der Waals surface area contributed by atoms with E-state index in [0.29, 0.717) is 24.9 Å². The number of furan rings is 1. The minimum Gasteiger partial charge on any atom is -0.448 e. The van der Waals surface area contributed by atoms with Gasteiger partial charge in [-0.3, -0.25) is 0 Å². The highest BCUT2D eigenvalue weighted by molar-refractivity contribution is 7.89. The van der Waals surface area contributed by atoms with Gasteiger partial charge in [-0.25, -0.2) is 12.7 Å². The lowest BCUT2D eigenvalue weighted by Crippen LogP contribution is -2.51. The summed E-state index contributed by atoms with van der Waals surface area (Å²) in [7, 11) is -3.15. The highest BCUT2D eigenvalue weighted by atomic mass is 35.5. The second-order valence-corrected chi connectivity index (χ2v) is 8.77. The van der Waals surface area contributed by atoms with Crippen LogP contribution in [0.15, 0.2) is 16.5 Å². The second-order valence-electron chi connectivity index (χ2n) is 5.91. The monoisotopic (exact) mass is 334 g/mol. The smallest absolute Gasteiger partial charge is 0.216 e. The van der Waals surface area contributed by atoms with Crippen LogP contribution in [0.5, 0.6) is 0 Å². The van der Waals surface area contributed by atoms with Crippen molar-refractivity contribution < 1.29 is 12.8 Å². The summed E-state index contributed by atoms with van der Waals surface area (Å²) < 4.78 is 31.3. The lowest BCUT2D eigenvalue weighted by Gasteiger charge is -2.37. The van der Waals surface area contributed by atoms with Gasteiger partial charge >= 0.3 is 0 Å². The maximum absolute atomic E-state index is 12.2. The molecule has 7 heteroatoms. The van der Waals surface area contributed by atoms with E-state index in [2.05, 4.69) is 12.2 Å². The van der Waals surface area contributed by atoms with Gasteiger partial charge in [0.25, 0.3) is 0 Å². The van der Waals surface area contributed by atoms with Crippen molar-refractivity contribution in [2.24, 2.45) is 5.92 Å². The minimum absolute atomic E-state index is 0.262. The van der Waals surface area contributed by atoms with Crippen LogP contribution in [0.25, 0.3) is 0 Å². The Morgan fingerprint density at radius 3 is 2.71 bits per heavy atom. The molecule has 0 radical (unpaired) electrons. The van der Waals surface area contributed by atoms with Gasteiger partial charge in [-0.05, 0) is 49.9 Å². The lowest BCUT2D eigenvalue weighted by molar-refractivity contribution is 0.215. The molecule has 1 aliphatic heterocycles. The highest BCUT2D eigenvalue weighted by Crippen LogP contribution is 2.22. The maximum atomic E-state index is 12.2. The zero-order valence-corrected chi connectivity index (χ0v) is 14.2. The van der Waals surface area contributed by atoms with Crippen LogP contribution < -0.4 is 5.32 Å². The van der Waals surface area contributed by atoms with E-state index >= 15 is 0 Å². The van der Waals surface area contributed by atoms with E-state index in [4.69, 9.17) is 16.0 Å². The van der Waals surface area contributed by atoms with Crippen LogP contribution in [-0.2, 0) is 16.6 Å². The first-order valence-corrected chi connectivity index (χ1v) is 9.15. The largest absolute Gasteiger partial charge is 0.448 e. The summed E-state index contributed by atoms with van der Waals surface area (Å²) in [5, 5.41) is 3.45. The Hall–Kier alpha value is -0.560. The molecule has 0 bridgehead atoms. The van der Waals surface area contributed by atoms with Crippen molar-refractivity contribution >= 4 is 21.6 Å². The van der Waals surface area contributed by atoms with Gasteiger partial charge in [-0.1, -0.05) is 6.92 Å². The van der Waals surface area contributed by atoms with E-state index in [0.717, 1.165) is 12.2 Å². The van der Waals surface area contributed by atoms with Crippen LogP contribution in [0.3, 0.4) is 0 Å². The van der Waals surface area contributed by atoms with Gasteiger partial charge in [-0.15, -0.1) is 0 Å². The molecule has 5 nitrogen and oxygen atoms in total. The molecule has 1 N–H and O–H groups in total. The molecular weight excluding hydrogens is 312 g/mol. The minimum atomic E-state index is -3.15. The van der Waals surface area contributed by atoms with Crippen molar-refractivity contribution in [1.82, 2.24) is 9.62 Å². The predicted molar refractivity (Wildman–Crippen MR) is 83.8 cm³/mol. The van der Waals surface area contributed by atoms with Crippen LogP contribution in [0.1, 0.15) is 33.0 Å². The van der Waals surface area contributed by atoms with E-state index in [9.17, 15) is 8.42 Å². The molecule has 120 valence electrons. The van der Waals surface area contributed by atoms with E-state index in [-0.39, 0.29) is 17.2 Å². The Balaban J connectivity index is 1.89. The molecule has 21 heavy (non-hydrogen) atoms. The zero-order valence-electron chi connectivity index (χ0n) is 12.7. The molecule has 1 aromatic heterocycles. The van der Waals surface area contributed by atoms with Gasteiger partial charge in [0.1, 0.15) is 5.76 Å². The predicted octanol–water partition coefficient (Wildman–Crippen LogP) is 2.47. The average molecular weight is 335 g/mol. The van der Waals surface area contributed by atoms with Crippen molar-refractivity contribution in [3.63, 3.8) is 0 Å². The first kappa shape index (κ1) is 16.8. The fourth-order valence-electron chi connectivity index (χ4n) is 2.62. The number of nitrogens with zero attached hydrogens (tertiary/aromatic N) is 1. The molecule has 2 heterocycles. The number of piperidine rings is 1. The number of hydrogen-bond acceptors (Lipinski definition) is 4. The second kappa shape index (κ2) is 6.69. The summed E-state index contributed by atoms with van der Waals surface area (Å²) >= 11 is 5.74. The molecule has 0 aliphatic carbocycles. The van der Waals surface area contributed by atoms with Crippen molar-refractivity contribution in [3.8, 4) is 0 Å². The van der Waals surface area contributed by atoms with Crippen LogP contribution >= 0.6 is 11.6 Å². The molecule has 1 fully saturated rings. The molecule has 0 amide bonds. The molecule has 0 saturated carbocycles. The molecule has 1 aromatic rings. The third-order valence-corrected chi connectivity index (χ3v) is 6.44. The standard InChI is InChI=1S/C14H23ClN2O3S/c1-10(2)21(18,19)17-7-6-13(11(3)9-17)16-8-12-4-5-14(15)20-12/h4-5,10-11,13,16H,6-9H2,1-3H3/t11-,13-/m1/s1. The van der Waals surface area contributed by atoms with Gasteiger partial charge in [-0.2, -0.15) is 0 Å². The Labute approximate surface area is 131 Å². The van der Waals surface area contributed by atoms with E-state index < -0.39 is 10.0 Å². The normalized spacial score (nSPS) is 24.6. The van der Waals surface area contributed by atoms with Gasteiger partial charge < -0.3 is 9.73 Å². The third kappa shape index (κ3) is 4.00. The first-order valence-electron chi connectivity index (χ1n) is 7.27. The number of rotatable bonds is 5. The summed E-state index contributed by atoms with van der Waals surface area (Å²) in [4.78, 5) is 0. The molecule has 1 saturated heterocycles. The summed E-state index contributed by atoms with van der Waals surface area (Å²) in [6.45, 7) is 7.28. The SMILES string of the molecule is CC(C)S(=O)(=O)N1CC[C@@H](NCc2ccc(Cl)o2)[C@H](C)C1. The Kier molecular flexibility index (Phi) is 5.35. The van der Waals surface area contributed by atoms with E-state index in [1.807, 2.05) is 6.07 Å². The number of hydrogen-bond donors (Lipinski definition) is 1. The van der Waals surface area contributed by atoms with Crippen molar-refractivity contribution in [3.05, 3.63) is 23.1 Å². The van der Waals surface area contributed by atoms with Crippen LogP contribution in [0.2, 0.25) is 5.22 Å². The van der Waals surface area contributed by atoms with Crippen molar-refractivity contribution in [2.75, 3.05) is 13.1 Å². The fraction of sp³-hybridized carbons (Fsp3) is 0.714. The molecule has 0 aromatic carbocycles. The Morgan fingerprint density at radius 2 is 2.19 bits per heavy atom. The number of halogens is 1. The third-order valence-electron chi connectivity index (χ3n) is 3.99. The summed E-state index contributed by atoms with van der Waals surface area (Å²) in [5.74, 6) is 1.06. The zero-order chi connectivity index (χ0) is 15.6. The van der Waals surface area contributed by atoms with Crippen molar-refractivity contribution in [1.29, 1.82) is 0 Å². The van der Waals surface area contributed by atoms with Crippen molar-refractivity contribution in [2.45, 2.75) is 45.0 Å². The topological polar surface area (TPSA) is 62.6 Å². The van der Waals surface area contributed by atoms with Crippen LogP contribution in [0.4, 0.5) is 0 Å². The molecular formula is C14H23ClN2O3S. The quantitative estimate of drug-likeness (QED) is 0.898. The van der Waals surface area contributed by atoms with Gasteiger partial charge in [0.05, 0.1) is 11.8 Å². The Morgan fingerprint density at radius 1 is 1.48 bits per heavy atom. The fourth-order valence-corrected chi connectivity index (χ4v) is 4.18. The molecule has 2 rings (SSSR count).